The first-order valence-corrected chi connectivity index (χ1v) is 6.37. The molecule has 0 radical (unpaired) electrons. The van der Waals surface area contributed by atoms with Crippen molar-refractivity contribution in [3.8, 4) is 0 Å². The molecule has 13 heavy (non-hydrogen) atoms. The van der Waals surface area contributed by atoms with Crippen LogP contribution >= 0.6 is 0 Å². The van der Waals surface area contributed by atoms with E-state index in [1.54, 1.807) is 0 Å². The van der Waals surface area contributed by atoms with Crippen LogP contribution in [0.2, 0.25) is 0 Å². The third-order valence-corrected chi connectivity index (χ3v) is 3.37. The van der Waals surface area contributed by atoms with E-state index in [1.165, 1.54) is 0 Å². The molecule has 0 aliphatic carbocycles. The molecule has 0 spiro atoms. The van der Waals surface area contributed by atoms with Gasteiger partial charge >= 0.3 is 0 Å². The summed E-state index contributed by atoms with van der Waals surface area (Å²) in [5, 5.41) is 2.92. The lowest BCUT2D eigenvalue weighted by Crippen LogP contribution is -2.19. The first kappa shape index (κ1) is 12.9. The first-order chi connectivity index (χ1) is 6.12. The van der Waals surface area contributed by atoms with Crippen LogP contribution in [-0.2, 0) is 14.6 Å². The third kappa shape index (κ3) is 8.21. The lowest BCUT2D eigenvalue weighted by atomic mass is 10.6. The molecule has 0 atom stereocenters. The highest BCUT2D eigenvalue weighted by Gasteiger charge is 2.07. The zero-order chi connectivity index (χ0) is 10.2. The van der Waals surface area contributed by atoms with Crippen LogP contribution in [0.5, 0.6) is 0 Å². The molecule has 0 heterocycles. The van der Waals surface area contributed by atoms with Crippen molar-refractivity contribution in [1.82, 2.24) is 5.32 Å². The highest BCUT2D eigenvalue weighted by Crippen LogP contribution is 1.93. The van der Waals surface area contributed by atoms with E-state index in [2.05, 4.69) is 5.32 Å². The van der Waals surface area contributed by atoms with Crippen LogP contribution in [0.1, 0.15) is 13.3 Å². The van der Waals surface area contributed by atoms with Gasteiger partial charge in [-0.1, -0.05) is 6.92 Å². The number of hydrogen-bond donors (Lipinski definition) is 1. The summed E-state index contributed by atoms with van der Waals surface area (Å²) in [6, 6.07) is 0. The van der Waals surface area contributed by atoms with E-state index in [-0.39, 0.29) is 11.5 Å². The van der Waals surface area contributed by atoms with Gasteiger partial charge in [0.1, 0.15) is 0 Å². The van der Waals surface area contributed by atoms with Gasteiger partial charge in [0.2, 0.25) is 0 Å². The second-order valence-corrected chi connectivity index (χ2v) is 5.17. The Bertz CT molecular complexity index is 201. The Hall–Kier alpha value is -0.130. The number of rotatable bonds is 8. The Labute approximate surface area is 80.6 Å². The van der Waals surface area contributed by atoms with Gasteiger partial charge in [0.15, 0.2) is 9.84 Å². The maximum absolute atomic E-state index is 11.2. The fourth-order valence-corrected chi connectivity index (χ4v) is 2.07. The van der Waals surface area contributed by atoms with Gasteiger partial charge in [0.05, 0.1) is 19.0 Å². The highest BCUT2D eigenvalue weighted by atomic mass is 32.2. The summed E-state index contributed by atoms with van der Waals surface area (Å²) in [6.07, 6.45) is 0.679. The quantitative estimate of drug-likeness (QED) is 0.574. The van der Waals surface area contributed by atoms with E-state index in [1.807, 2.05) is 14.0 Å². The molecule has 0 aromatic heterocycles. The van der Waals surface area contributed by atoms with Crippen LogP contribution in [0.15, 0.2) is 0 Å². The molecule has 0 aliphatic rings. The van der Waals surface area contributed by atoms with E-state index in [0.717, 1.165) is 6.54 Å². The Morgan fingerprint density at radius 1 is 1.23 bits per heavy atom. The largest absolute Gasteiger partial charge is 0.379 e. The summed E-state index contributed by atoms with van der Waals surface area (Å²) < 4.78 is 27.4. The molecular formula is C8H19NO3S. The summed E-state index contributed by atoms with van der Waals surface area (Å²) in [4.78, 5) is 0. The van der Waals surface area contributed by atoms with Crippen molar-refractivity contribution in [2.75, 3.05) is 38.3 Å². The lowest BCUT2D eigenvalue weighted by molar-refractivity contribution is 0.152. The van der Waals surface area contributed by atoms with Gasteiger partial charge in [0.25, 0.3) is 0 Å². The molecule has 1 N–H and O–H groups in total. The zero-order valence-electron chi connectivity index (χ0n) is 8.38. The maximum Gasteiger partial charge on any atom is 0.152 e. The number of ether oxygens (including phenoxy) is 1. The number of sulfone groups is 1. The highest BCUT2D eigenvalue weighted by molar-refractivity contribution is 7.91. The Morgan fingerprint density at radius 2 is 1.92 bits per heavy atom. The van der Waals surface area contributed by atoms with Crippen molar-refractivity contribution < 1.29 is 13.2 Å². The molecule has 0 aromatic rings. The molecular weight excluding hydrogens is 190 g/mol. The van der Waals surface area contributed by atoms with Gasteiger partial charge in [-0.05, 0) is 13.5 Å². The maximum atomic E-state index is 11.2. The SMILES string of the molecule is CCCS(=O)(=O)CCOCCNC. The topological polar surface area (TPSA) is 55.4 Å². The smallest absolute Gasteiger partial charge is 0.152 e. The van der Waals surface area contributed by atoms with Gasteiger partial charge in [-0.2, -0.15) is 0 Å². The van der Waals surface area contributed by atoms with Crippen molar-refractivity contribution in [1.29, 1.82) is 0 Å². The zero-order valence-corrected chi connectivity index (χ0v) is 9.19. The van der Waals surface area contributed by atoms with Crippen LogP contribution < -0.4 is 5.32 Å². The van der Waals surface area contributed by atoms with Gasteiger partial charge in [-0.3, -0.25) is 0 Å². The van der Waals surface area contributed by atoms with Crippen molar-refractivity contribution >= 4 is 9.84 Å². The third-order valence-electron chi connectivity index (χ3n) is 1.55. The fraction of sp³-hybridized carbons (Fsp3) is 1.00. The molecule has 0 aliphatic heterocycles. The van der Waals surface area contributed by atoms with Crippen LogP contribution in [0.4, 0.5) is 0 Å². The van der Waals surface area contributed by atoms with Crippen LogP contribution in [0.3, 0.4) is 0 Å². The summed E-state index contributed by atoms with van der Waals surface area (Å²) in [5.41, 5.74) is 0. The molecule has 0 saturated carbocycles. The predicted molar refractivity (Wildman–Crippen MR) is 53.7 cm³/mol. The minimum absolute atomic E-state index is 0.143. The van der Waals surface area contributed by atoms with E-state index in [4.69, 9.17) is 4.74 Å². The van der Waals surface area contributed by atoms with E-state index >= 15 is 0 Å². The van der Waals surface area contributed by atoms with Crippen molar-refractivity contribution in [3.05, 3.63) is 0 Å². The summed E-state index contributed by atoms with van der Waals surface area (Å²) in [7, 11) is -1.03. The normalized spacial score (nSPS) is 11.8. The van der Waals surface area contributed by atoms with Crippen molar-refractivity contribution in [3.63, 3.8) is 0 Å². The van der Waals surface area contributed by atoms with Gasteiger partial charge in [0, 0.05) is 12.3 Å². The number of hydrogen-bond acceptors (Lipinski definition) is 4. The molecule has 80 valence electrons. The Kier molecular flexibility index (Phi) is 7.22. The van der Waals surface area contributed by atoms with E-state index < -0.39 is 9.84 Å². The molecule has 0 bridgehead atoms. The summed E-state index contributed by atoms with van der Waals surface area (Å²) in [6.45, 7) is 3.50. The Morgan fingerprint density at radius 3 is 2.46 bits per heavy atom. The minimum Gasteiger partial charge on any atom is -0.379 e. The molecule has 0 unspecified atom stereocenters. The number of nitrogens with one attached hydrogen (secondary N) is 1. The standard InChI is InChI=1S/C8H19NO3S/c1-3-7-13(10,11)8-6-12-5-4-9-2/h9H,3-8H2,1-2H3. The molecule has 0 rings (SSSR count). The predicted octanol–water partition coefficient (Wildman–Crippen LogP) is 0.0472. The average molecular weight is 209 g/mol. The first-order valence-electron chi connectivity index (χ1n) is 4.55. The van der Waals surface area contributed by atoms with Gasteiger partial charge in [-0.25, -0.2) is 8.42 Å². The summed E-state index contributed by atoms with van der Waals surface area (Å²) in [5.74, 6) is 0.410. The second-order valence-electron chi connectivity index (χ2n) is 2.87. The van der Waals surface area contributed by atoms with Crippen molar-refractivity contribution in [2.45, 2.75) is 13.3 Å². The minimum atomic E-state index is -2.86. The van der Waals surface area contributed by atoms with Crippen LogP contribution in [-0.4, -0.2) is 46.7 Å². The Balaban J connectivity index is 3.41. The number of likely N-dealkylation sites (N-methyl/N-ethyl adjacent to an activating group) is 1. The molecule has 0 saturated heterocycles. The molecule has 0 fully saturated rings. The van der Waals surface area contributed by atoms with E-state index in [9.17, 15) is 8.42 Å². The lowest BCUT2D eigenvalue weighted by Gasteiger charge is -2.04. The average Bonchev–Trinajstić information content (AvgIpc) is 2.04. The molecule has 5 heteroatoms. The van der Waals surface area contributed by atoms with Gasteiger partial charge < -0.3 is 10.1 Å². The van der Waals surface area contributed by atoms with Gasteiger partial charge in [-0.15, -0.1) is 0 Å². The molecule has 0 amide bonds. The fourth-order valence-electron chi connectivity index (χ4n) is 0.875. The monoisotopic (exact) mass is 209 g/mol. The van der Waals surface area contributed by atoms with Crippen LogP contribution in [0.25, 0.3) is 0 Å². The second kappa shape index (κ2) is 7.29. The summed E-state index contributed by atoms with van der Waals surface area (Å²) >= 11 is 0. The van der Waals surface area contributed by atoms with E-state index in [0.29, 0.717) is 19.6 Å². The van der Waals surface area contributed by atoms with Crippen molar-refractivity contribution in [2.24, 2.45) is 0 Å². The molecule has 4 nitrogen and oxygen atoms in total. The molecule has 0 aromatic carbocycles. The van der Waals surface area contributed by atoms with Crippen LogP contribution in [0, 0.1) is 0 Å².